The molecule has 1 saturated heterocycles. The lowest BCUT2D eigenvalue weighted by molar-refractivity contribution is 0.0928. The van der Waals surface area contributed by atoms with Crippen LogP contribution in [0.25, 0.3) is 10.6 Å². The molecule has 3 heterocycles. The zero-order chi connectivity index (χ0) is 21.1. The fourth-order valence-corrected chi connectivity index (χ4v) is 4.04. The summed E-state index contributed by atoms with van der Waals surface area (Å²) in [7, 11) is 0. The third-order valence-corrected chi connectivity index (χ3v) is 5.84. The molecule has 1 aliphatic heterocycles. The minimum Gasteiger partial charge on any atom is -0.486 e. The third kappa shape index (κ3) is 4.49. The summed E-state index contributed by atoms with van der Waals surface area (Å²) >= 11 is 1.57. The molecule has 7 nitrogen and oxygen atoms in total. The molecule has 8 heteroatoms. The van der Waals surface area contributed by atoms with Crippen LogP contribution in [-0.2, 0) is 4.74 Å². The van der Waals surface area contributed by atoms with Crippen molar-refractivity contribution in [3.63, 3.8) is 0 Å². The first-order valence-electron chi connectivity index (χ1n) is 9.92. The Kier molecular flexibility index (Phi) is 6.06. The summed E-state index contributed by atoms with van der Waals surface area (Å²) in [5, 5.41) is 12.1. The van der Waals surface area contributed by atoms with E-state index in [1.165, 1.54) is 0 Å². The van der Waals surface area contributed by atoms with Crippen LogP contribution in [0, 0.1) is 13.8 Å². The monoisotopic (exact) mass is 424 g/mol. The van der Waals surface area contributed by atoms with Gasteiger partial charge in [-0.2, -0.15) is 10.2 Å². The van der Waals surface area contributed by atoms with E-state index in [9.17, 15) is 4.79 Å². The quantitative estimate of drug-likeness (QED) is 0.646. The molecular formula is C22H24N4O3S. The first kappa shape index (κ1) is 20.4. The number of nitrogens with one attached hydrogen (secondary N) is 1. The van der Waals surface area contributed by atoms with E-state index in [1.807, 2.05) is 51.2 Å². The van der Waals surface area contributed by atoms with Crippen LogP contribution in [0.4, 0.5) is 0 Å². The van der Waals surface area contributed by atoms with Crippen molar-refractivity contribution in [2.45, 2.75) is 39.3 Å². The normalized spacial score (nSPS) is 17.0. The summed E-state index contributed by atoms with van der Waals surface area (Å²) in [6.45, 7) is 6.95. The molecule has 0 aliphatic carbocycles. The van der Waals surface area contributed by atoms with Crippen LogP contribution in [-0.4, -0.2) is 40.4 Å². The maximum absolute atomic E-state index is 13.2. The van der Waals surface area contributed by atoms with E-state index < -0.39 is 0 Å². The second-order valence-electron chi connectivity index (χ2n) is 7.36. The zero-order valence-corrected chi connectivity index (χ0v) is 18.0. The van der Waals surface area contributed by atoms with Gasteiger partial charge in [0, 0.05) is 17.5 Å². The fourth-order valence-electron chi connectivity index (χ4n) is 3.25. The van der Waals surface area contributed by atoms with Crippen LogP contribution >= 0.6 is 11.3 Å². The summed E-state index contributed by atoms with van der Waals surface area (Å²) in [6.07, 6.45) is 2.54. The number of aryl methyl sites for hydroxylation is 2. The maximum Gasteiger partial charge on any atom is 0.255 e. The van der Waals surface area contributed by atoms with Crippen LogP contribution < -0.4 is 10.1 Å². The molecule has 156 valence electrons. The molecule has 0 bridgehead atoms. The average Bonchev–Trinajstić information content (AvgIpc) is 3.40. The van der Waals surface area contributed by atoms with E-state index in [0.717, 1.165) is 27.6 Å². The Morgan fingerprint density at radius 3 is 2.80 bits per heavy atom. The van der Waals surface area contributed by atoms with Crippen molar-refractivity contribution in [2.24, 2.45) is 0 Å². The average molecular weight is 425 g/mol. The number of para-hydroxylation sites is 1. The highest BCUT2D eigenvalue weighted by Crippen LogP contribution is 2.37. The van der Waals surface area contributed by atoms with Crippen LogP contribution in [0.1, 0.15) is 46.0 Å². The number of rotatable bonds is 6. The summed E-state index contributed by atoms with van der Waals surface area (Å²) < 4.78 is 11.7. The number of nitrogens with zero attached hydrogens (tertiary/aromatic N) is 3. The van der Waals surface area contributed by atoms with Gasteiger partial charge in [0.05, 0.1) is 41.8 Å². The Morgan fingerprint density at radius 2 is 2.13 bits per heavy atom. The molecule has 2 aromatic heterocycles. The first-order chi connectivity index (χ1) is 14.5. The van der Waals surface area contributed by atoms with Gasteiger partial charge in [-0.25, -0.2) is 4.98 Å². The second kappa shape index (κ2) is 8.89. The lowest BCUT2D eigenvalue weighted by Crippen LogP contribution is -2.28. The van der Waals surface area contributed by atoms with Crippen molar-refractivity contribution in [1.29, 1.82) is 0 Å². The van der Waals surface area contributed by atoms with Gasteiger partial charge in [-0.1, -0.05) is 6.07 Å². The minimum absolute atomic E-state index is 0.0841. The van der Waals surface area contributed by atoms with Crippen molar-refractivity contribution in [3.05, 3.63) is 58.4 Å². The largest absolute Gasteiger partial charge is 0.486 e. The van der Waals surface area contributed by atoms with Crippen molar-refractivity contribution in [2.75, 3.05) is 13.2 Å². The molecule has 1 aliphatic rings. The molecule has 1 fully saturated rings. The molecular weight excluding hydrogens is 400 g/mol. The van der Waals surface area contributed by atoms with Gasteiger partial charge < -0.3 is 14.8 Å². The number of hydrogen-bond donors (Lipinski definition) is 1. The summed E-state index contributed by atoms with van der Waals surface area (Å²) in [6, 6.07) is 9.03. The van der Waals surface area contributed by atoms with Crippen LogP contribution in [0.15, 0.2) is 36.5 Å². The van der Waals surface area contributed by atoms with E-state index in [-0.39, 0.29) is 18.1 Å². The predicted molar refractivity (Wildman–Crippen MR) is 115 cm³/mol. The molecule has 0 saturated carbocycles. The SMILES string of the molecule is Cc1ccc([C@@H](C)NC(=O)c2cccc(-c3ncc(C)s3)c2O[C@H]2CCOC2)nn1. The van der Waals surface area contributed by atoms with E-state index in [1.54, 1.807) is 17.4 Å². The number of ether oxygens (including phenoxy) is 2. The molecule has 3 aromatic rings. The van der Waals surface area contributed by atoms with Gasteiger partial charge in [-0.15, -0.1) is 11.3 Å². The van der Waals surface area contributed by atoms with E-state index in [2.05, 4.69) is 20.5 Å². The van der Waals surface area contributed by atoms with Crippen LogP contribution in [0.2, 0.25) is 0 Å². The Morgan fingerprint density at radius 1 is 1.27 bits per heavy atom. The molecule has 1 aromatic carbocycles. The van der Waals surface area contributed by atoms with Gasteiger partial charge in [0.1, 0.15) is 16.9 Å². The van der Waals surface area contributed by atoms with E-state index >= 15 is 0 Å². The van der Waals surface area contributed by atoms with Crippen molar-refractivity contribution in [3.8, 4) is 16.3 Å². The predicted octanol–water partition coefficient (Wildman–Crippen LogP) is 3.88. The number of benzene rings is 1. The highest BCUT2D eigenvalue weighted by atomic mass is 32.1. The Bertz CT molecular complexity index is 1030. The number of thiazole rings is 1. The third-order valence-electron chi connectivity index (χ3n) is 4.89. The first-order valence-corrected chi connectivity index (χ1v) is 10.7. The molecule has 1 amide bonds. The number of carbonyl (C=O) groups excluding carboxylic acids is 1. The van der Waals surface area contributed by atoms with Gasteiger partial charge in [-0.3, -0.25) is 4.79 Å². The van der Waals surface area contributed by atoms with Crippen LogP contribution in [0.3, 0.4) is 0 Å². The number of hydrogen-bond acceptors (Lipinski definition) is 7. The highest BCUT2D eigenvalue weighted by Gasteiger charge is 2.25. The molecule has 0 spiro atoms. The van der Waals surface area contributed by atoms with Gasteiger partial charge in [-0.05, 0) is 45.0 Å². The smallest absolute Gasteiger partial charge is 0.255 e. The van der Waals surface area contributed by atoms with Gasteiger partial charge in [0.15, 0.2) is 0 Å². The van der Waals surface area contributed by atoms with Crippen molar-refractivity contribution in [1.82, 2.24) is 20.5 Å². The molecule has 0 radical (unpaired) electrons. The number of aromatic nitrogens is 3. The topological polar surface area (TPSA) is 86.2 Å². The second-order valence-corrected chi connectivity index (χ2v) is 8.59. The van der Waals surface area contributed by atoms with Crippen molar-refractivity contribution < 1.29 is 14.3 Å². The Balaban J connectivity index is 1.65. The lowest BCUT2D eigenvalue weighted by atomic mass is 10.1. The van der Waals surface area contributed by atoms with Gasteiger partial charge in [0.25, 0.3) is 5.91 Å². The number of amides is 1. The van der Waals surface area contributed by atoms with E-state index in [0.29, 0.717) is 30.2 Å². The molecule has 2 atom stereocenters. The molecule has 4 rings (SSSR count). The lowest BCUT2D eigenvalue weighted by Gasteiger charge is -2.19. The van der Waals surface area contributed by atoms with Crippen molar-refractivity contribution >= 4 is 17.2 Å². The number of carbonyl (C=O) groups is 1. The Labute approximate surface area is 179 Å². The highest BCUT2D eigenvalue weighted by molar-refractivity contribution is 7.15. The van der Waals surface area contributed by atoms with Gasteiger partial charge >= 0.3 is 0 Å². The molecule has 0 unspecified atom stereocenters. The molecule has 30 heavy (non-hydrogen) atoms. The molecule has 1 N–H and O–H groups in total. The standard InChI is InChI=1S/C22H24N4O3S/c1-13-7-8-19(26-25-13)15(3)24-21(27)17-5-4-6-18(22-23-11-14(2)30-22)20(17)29-16-9-10-28-12-16/h4-8,11,15-16H,9-10,12H2,1-3H3,(H,24,27)/t15-,16+/m1/s1. The summed E-state index contributed by atoms with van der Waals surface area (Å²) in [5.74, 6) is 0.316. The minimum atomic E-state index is -0.293. The van der Waals surface area contributed by atoms with Gasteiger partial charge in [0.2, 0.25) is 0 Å². The summed E-state index contributed by atoms with van der Waals surface area (Å²) in [4.78, 5) is 18.8. The fraction of sp³-hybridized carbons (Fsp3) is 0.364. The van der Waals surface area contributed by atoms with E-state index in [4.69, 9.17) is 9.47 Å². The van der Waals surface area contributed by atoms with Crippen LogP contribution in [0.5, 0.6) is 5.75 Å². The summed E-state index contributed by atoms with van der Waals surface area (Å²) in [5.41, 5.74) is 2.82. The Hall–Kier alpha value is -2.84. The maximum atomic E-state index is 13.2. The zero-order valence-electron chi connectivity index (χ0n) is 17.2.